The first-order chi connectivity index (χ1) is 11.2. The van der Waals surface area contributed by atoms with E-state index in [0.29, 0.717) is 0 Å². The summed E-state index contributed by atoms with van der Waals surface area (Å²) >= 11 is 3.52. The summed E-state index contributed by atoms with van der Waals surface area (Å²) in [7, 11) is 0. The molecule has 0 radical (unpaired) electrons. The molecule has 0 atom stereocenters. The van der Waals surface area contributed by atoms with Gasteiger partial charge in [0.25, 0.3) is 0 Å². The number of halogens is 1. The van der Waals surface area contributed by atoms with Crippen molar-refractivity contribution in [3.8, 4) is 11.1 Å². The fourth-order valence-corrected chi connectivity index (χ4v) is 2.99. The smallest absolute Gasteiger partial charge is 0.0214 e. The highest BCUT2D eigenvalue weighted by Crippen LogP contribution is 2.21. The van der Waals surface area contributed by atoms with Crippen LogP contribution in [0.5, 0.6) is 0 Å². The fraction of sp³-hybridized carbons (Fsp3) is 0.273. The van der Waals surface area contributed by atoms with E-state index in [4.69, 9.17) is 0 Å². The van der Waals surface area contributed by atoms with Gasteiger partial charge in [-0.2, -0.15) is 0 Å². The summed E-state index contributed by atoms with van der Waals surface area (Å²) in [4.78, 5) is 0. The van der Waals surface area contributed by atoms with E-state index in [1.54, 1.807) is 0 Å². The second kappa shape index (κ2) is 9.52. The molecule has 0 saturated carbocycles. The van der Waals surface area contributed by atoms with Crippen molar-refractivity contribution in [3.05, 3.63) is 83.5 Å². The molecule has 0 spiro atoms. The Morgan fingerprint density at radius 2 is 1.52 bits per heavy atom. The zero-order valence-electron chi connectivity index (χ0n) is 14.1. The first-order valence-electron chi connectivity index (χ1n) is 8.20. The van der Waals surface area contributed by atoms with E-state index in [9.17, 15) is 0 Å². The van der Waals surface area contributed by atoms with Crippen LogP contribution in [0.4, 0.5) is 0 Å². The Morgan fingerprint density at radius 1 is 0.870 bits per heavy atom. The average Bonchev–Trinajstić information content (AvgIpc) is 2.58. The highest BCUT2D eigenvalue weighted by atomic mass is 79.9. The van der Waals surface area contributed by atoms with Gasteiger partial charge >= 0.3 is 0 Å². The molecule has 23 heavy (non-hydrogen) atoms. The number of hydrogen-bond acceptors (Lipinski definition) is 0. The molecule has 1 heteroatoms. The van der Waals surface area contributed by atoms with Crippen LogP contribution in [0.25, 0.3) is 11.1 Å². The van der Waals surface area contributed by atoms with Crippen molar-refractivity contribution in [1.29, 1.82) is 0 Å². The van der Waals surface area contributed by atoms with Gasteiger partial charge in [-0.3, -0.25) is 0 Å². The maximum absolute atomic E-state index is 3.52. The van der Waals surface area contributed by atoms with Crippen molar-refractivity contribution in [2.75, 3.05) is 5.33 Å². The fourth-order valence-electron chi connectivity index (χ4n) is 2.53. The minimum Gasteiger partial charge on any atom is -0.0883 e. The van der Waals surface area contributed by atoms with Crippen LogP contribution in [0.3, 0.4) is 0 Å². The lowest BCUT2D eigenvalue weighted by Gasteiger charge is -2.07. The molecular formula is C22H25Br. The minimum absolute atomic E-state index is 0.936. The predicted octanol–water partition coefficient (Wildman–Crippen LogP) is 6.96. The van der Waals surface area contributed by atoms with Crippen LogP contribution < -0.4 is 0 Å². The number of benzene rings is 2. The lowest BCUT2D eigenvalue weighted by atomic mass is 9.99. The highest BCUT2D eigenvalue weighted by molar-refractivity contribution is 9.09. The molecule has 2 aromatic carbocycles. The van der Waals surface area contributed by atoms with Crippen LogP contribution >= 0.6 is 15.9 Å². The Morgan fingerprint density at radius 3 is 2.13 bits per heavy atom. The largest absolute Gasteiger partial charge is 0.0883 e. The third-order valence-electron chi connectivity index (χ3n) is 3.93. The second-order valence-electron chi connectivity index (χ2n) is 6.07. The van der Waals surface area contributed by atoms with E-state index in [1.165, 1.54) is 27.8 Å². The van der Waals surface area contributed by atoms with Crippen molar-refractivity contribution in [2.24, 2.45) is 0 Å². The standard InChI is InChI=1S/C22H25Br/c1-18(2)8-9-20(16-17-23)11-10-19-12-14-22(15-13-19)21-6-4-3-5-7-21/h3-8,12-16H,9-11,17H2,1-2H3/b20-16+. The zero-order chi connectivity index (χ0) is 16.5. The molecule has 0 amide bonds. The molecular weight excluding hydrogens is 344 g/mol. The average molecular weight is 369 g/mol. The summed E-state index contributed by atoms with van der Waals surface area (Å²) in [5.74, 6) is 0. The van der Waals surface area contributed by atoms with Gasteiger partial charge in [0.2, 0.25) is 0 Å². The quantitative estimate of drug-likeness (QED) is 0.365. The first-order valence-corrected chi connectivity index (χ1v) is 9.33. The Balaban J connectivity index is 1.97. The molecule has 0 aliphatic heterocycles. The van der Waals surface area contributed by atoms with Gasteiger partial charge in [-0.15, -0.1) is 0 Å². The topological polar surface area (TPSA) is 0 Å². The molecule has 0 bridgehead atoms. The normalized spacial score (nSPS) is 11.3. The van der Waals surface area contributed by atoms with Crippen molar-refractivity contribution in [2.45, 2.75) is 33.1 Å². The van der Waals surface area contributed by atoms with Crippen molar-refractivity contribution in [3.63, 3.8) is 0 Å². The zero-order valence-corrected chi connectivity index (χ0v) is 15.6. The van der Waals surface area contributed by atoms with E-state index >= 15 is 0 Å². The lowest BCUT2D eigenvalue weighted by Crippen LogP contribution is -1.90. The number of hydrogen-bond donors (Lipinski definition) is 0. The summed E-state index contributed by atoms with van der Waals surface area (Å²) in [5, 5.41) is 0.936. The van der Waals surface area contributed by atoms with Gasteiger partial charge in [-0.05, 0) is 49.8 Å². The van der Waals surface area contributed by atoms with Crippen LogP contribution in [0, 0.1) is 0 Å². The molecule has 0 nitrogen and oxygen atoms in total. The van der Waals surface area contributed by atoms with Crippen molar-refractivity contribution in [1.82, 2.24) is 0 Å². The maximum Gasteiger partial charge on any atom is 0.0214 e. The number of allylic oxidation sites excluding steroid dienone is 4. The lowest BCUT2D eigenvalue weighted by molar-refractivity contribution is 0.905. The van der Waals surface area contributed by atoms with Crippen LogP contribution in [0.2, 0.25) is 0 Å². The van der Waals surface area contributed by atoms with Gasteiger partial charge in [0.15, 0.2) is 0 Å². The van der Waals surface area contributed by atoms with Crippen molar-refractivity contribution >= 4 is 15.9 Å². The third-order valence-corrected chi connectivity index (χ3v) is 4.26. The van der Waals surface area contributed by atoms with Gasteiger partial charge in [-0.1, -0.05) is 93.8 Å². The van der Waals surface area contributed by atoms with E-state index in [2.05, 4.69) is 96.5 Å². The van der Waals surface area contributed by atoms with E-state index < -0.39 is 0 Å². The Kier molecular flexibility index (Phi) is 7.35. The summed E-state index contributed by atoms with van der Waals surface area (Å²) in [5.41, 5.74) is 6.87. The van der Waals surface area contributed by atoms with Gasteiger partial charge < -0.3 is 0 Å². The summed E-state index contributed by atoms with van der Waals surface area (Å²) in [6.07, 6.45) is 7.91. The molecule has 2 rings (SSSR count). The van der Waals surface area contributed by atoms with Crippen LogP contribution in [-0.4, -0.2) is 5.33 Å². The Labute approximate surface area is 149 Å². The summed E-state index contributed by atoms with van der Waals surface area (Å²) in [6.45, 7) is 4.32. The number of rotatable bonds is 7. The monoisotopic (exact) mass is 368 g/mol. The Hall–Kier alpha value is -1.60. The molecule has 0 aromatic heterocycles. The molecule has 0 unspecified atom stereocenters. The molecule has 0 aliphatic rings. The number of aryl methyl sites for hydroxylation is 1. The summed E-state index contributed by atoms with van der Waals surface area (Å²) in [6, 6.07) is 19.5. The number of alkyl halides is 1. The van der Waals surface area contributed by atoms with Gasteiger partial charge in [0.1, 0.15) is 0 Å². The SMILES string of the molecule is CC(C)=CC/C(=C\CBr)CCc1ccc(-c2ccccc2)cc1. The molecule has 0 saturated heterocycles. The molecule has 0 fully saturated rings. The van der Waals surface area contributed by atoms with E-state index in [0.717, 1.165) is 24.6 Å². The third kappa shape index (κ3) is 6.19. The van der Waals surface area contributed by atoms with Gasteiger partial charge in [0, 0.05) is 5.33 Å². The van der Waals surface area contributed by atoms with Gasteiger partial charge in [-0.25, -0.2) is 0 Å². The van der Waals surface area contributed by atoms with Gasteiger partial charge in [0.05, 0.1) is 0 Å². The Bertz CT molecular complexity index is 644. The molecule has 2 aromatic rings. The van der Waals surface area contributed by atoms with Crippen molar-refractivity contribution < 1.29 is 0 Å². The maximum atomic E-state index is 3.52. The van der Waals surface area contributed by atoms with Crippen LogP contribution in [0.1, 0.15) is 32.3 Å². The highest BCUT2D eigenvalue weighted by Gasteiger charge is 2.00. The van der Waals surface area contributed by atoms with E-state index in [-0.39, 0.29) is 0 Å². The first kappa shape index (κ1) is 17.7. The summed E-state index contributed by atoms with van der Waals surface area (Å²) < 4.78 is 0. The second-order valence-corrected chi connectivity index (χ2v) is 6.71. The minimum atomic E-state index is 0.936. The molecule has 0 N–H and O–H groups in total. The molecule has 0 heterocycles. The molecule has 120 valence electrons. The van der Waals surface area contributed by atoms with Crippen LogP contribution in [-0.2, 0) is 6.42 Å². The van der Waals surface area contributed by atoms with Crippen LogP contribution in [0.15, 0.2) is 77.9 Å². The van der Waals surface area contributed by atoms with E-state index in [1.807, 2.05) is 0 Å². The predicted molar refractivity (Wildman–Crippen MR) is 106 cm³/mol. The molecule has 0 aliphatic carbocycles.